The lowest BCUT2D eigenvalue weighted by Crippen LogP contribution is -2.35. The fourth-order valence-corrected chi connectivity index (χ4v) is 3.52. The molecular weight excluding hydrogens is 355 g/mol. The first-order valence-electron chi connectivity index (χ1n) is 10.1. The van der Waals surface area contributed by atoms with E-state index in [-0.39, 0.29) is 11.7 Å². The van der Waals surface area contributed by atoms with Crippen molar-refractivity contribution in [2.24, 2.45) is 0 Å². The van der Waals surface area contributed by atoms with Gasteiger partial charge in [-0.3, -0.25) is 9.69 Å². The van der Waals surface area contributed by atoms with Crippen LogP contribution in [0.3, 0.4) is 0 Å². The van der Waals surface area contributed by atoms with Gasteiger partial charge in [0.1, 0.15) is 5.82 Å². The first-order valence-corrected chi connectivity index (χ1v) is 10.1. The van der Waals surface area contributed by atoms with E-state index < -0.39 is 0 Å². The molecule has 1 fully saturated rings. The monoisotopic (exact) mass is 384 g/mol. The molecule has 1 amide bonds. The summed E-state index contributed by atoms with van der Waals surface area (Å²) >= 11 is 0. The third-order valence-electron chi connectivity index (χ3n) is 5.03. The van der Waals surface area contributed by atoms with Crippen molar-refractivity contribution in [3.8, 4) is 0 Å². The van der Waals surface area contributed by atoms with Crippen molar-refractivity contribution in [3.05, 3.63) is 71.5 Å². The van der Waals surface area contributed by atoms with Gasteiger partial charge in [0.25, 0.3) is 0 Å². The Morgan fingerprint density at radius 2 is 1.79 bits per heavy atom. The van der Waals surface area contributed by atoms with Crippen LogP contribution in [0.5, 0.6) is 0 Å². The summed E-state index contributed by atoms with van der Waals surface area (Å²) in [5.41, 5.74) is 2.13. The Morgan fingerprint density at radius 3 is 2.61 bits per heavy atom. The third-order valence-corrected chi connectivity index (χ3v) is 5.03. The van der Waals surface area contributed by atoms with Crippen molar-refractivity contribution in [2.75, 3.05) is 32.8 Å². The molecule has 3 rings (SSSR count). The van der Waals surface area contributed by atoms with E-state index in [2.05, 4.69) is 4.90 Å². The predicted molar refractivity (Wildman–Crippen MR) is 108 cm³/mol. The maximum atomic E-state index is 13.4. The highest BCUT2D eigenvalue weighted by molar-refractivity contribution is 5.76. The fraction of sp³-hybridized carbons (Fsp3) is 0.435. The van der Waals surface area contributed by atoms with Gasteiger partial charge in [-0.1, -0.05) is 42.5 Å². The summed E-state index contributed by atoms with van der Waals surface area (Å²) in [6, 6.07) is 16.8. The molecule has 0 atom stereocenters. The molecule has 1 aliphatic rings. The van der Waals surface area contributed by atoms with Gasteiger partial charge in [0.15, 0.2) is 0 Å². The van der Waals surface area contributed by atoms with Crippen LogP contribution in [-0.2, 0) is 22.7 Å². The number of benzene rings is 2. The Bertz CT molecular complexity index is 738. The topological polar surface area (TPSA) is 32.8 Å². The summed E-state index contributed by atoms with van der Waals surface area (Å²) in [6.45, 7) is 5.21. The zero-order valence-electron chi connectivity index (χ0n) is 16.4. The Morgan fingerprint density at radius 1 is 0.964 bits per heavy atom. The molecule has 2 aromatic carbocycles. The smallest absolute Gasteiger partial charge is 0.222 e. The molecule has 1 aliphatic heterocycles. The van der Waals surface area contributed by atoms with Crippen LogP contribution < -0.4 is 0 Å². The summed E-state index contributed by atoms with van der Waals surface area (Å²) in [4.78, 5) is 16.8. The Hall–Kier alpha value is -2.24. The Labute approximate surface area is 166 Å². The lowest BCUT2D eigenvalue weighted by atomic mass is 10.2. The summed E-state index contributed by atoms with van der Waals surface area (Å²) in [7, 11) is 0. The average Bonchev–Trinajstić information content (AvgIpc) is 2.94. The lowest BCUT2D eigenvalue weighted by Gasteiger charge is -2.22. The van der Waals surface area contributed by atoms with Crippen LogP contribution in [0.1, 0.15) is 30.4 Å². The maximum absolute atomic E-state index is 13.4. The van der Waals surface area contributed by atoms with Crippen LogP contribution in [0.2, 0.25) is 0 Å². The van der Waals surface area contributed by atoms with Crippen LogP contribution >= 0.6 is 0 Å². The highest BCUT2D eigenvalue weighted by atomic mass is 19.1. The summed E-state index contributed by atoms with van der Waals surface area (Å²) in [5, 5.41) is 0. The van der Waals surface area contributed by atoms with E-state index in [0.29, 0.717) is 19.6 Å². The molecule has 1 saturated heterocycles. The van der Waals surface area contributed by atoms with Crippen molar-refractivity contribution in [1.29, 1.82) is 0 Å². The maximum Gasteiger partial charge on any atom is 0.222 e. The van der Waals surface area contributed by atoms with E-state index in [4.69, 9.17) is 4.74 Å². The van der Waals surface area contributed by atoms with Gasteiger partial charge in [-0.2, -0.15) is 0 Å². The largest absolute Gasteiger partial charge is 0.377 e. The standard InChI is InChI=1S/C23H29FN2O2/c24-22-10-4-9-21(17-22)18-25-12-6-13-26(15-14-25)23(27)11-5-16-28-19-20-7-2-1-3-8-20/h1-4,7-10,17H,5-6,11-16,18-19H2. The van der Waals surface area contributed by atoms with Gasteiger partial charge in [-0.05, 0) is 36.1 Å². The Balaban J connectivity index is 1.34. The highest BCUT2D eigenvalue weighted by Gasteiger charge is 2.19. The van der Waals surface area contributed by atoms with Gasteiger partial charge < -0.3 is 9.64 Å². The van der Waals surface area contributed by atoms with Gasteiger partial charge in [-0.15, -0.1) is 0 Å². The normalized spacial score (nSPS) is 15.4. The van der Waals surface area contributed by atoms with Crippen molar-refractivity contribution in [1.82, 2.24) is 9.80 Å². The van der Waals surface area contributed by atoms with Crippen LogP contribution in [0.25, 0.3) is 0 Å². The van der Waals surface area contributed by atoms with Crippen molar-refractivity contribution in [3.63, 3.8) is 0 Å². The molecule has 0 N–H and O–H groups in total. The first kappa shape index (κ1) is 20.5. The zero-order valence-corrected chi connectivity index (χ0v) is 16.4. The predicted octanol–water partition coefficient (Wildman–Crippen LogP) is 3.86. The molecule has 0 unspecified atom stereocenters. The minimum Gasteiger partial charge on any atom is -0.377 e. The second-order valence-electron chi connectivity index (χ2n) is 7.28. The molecule has 0 spiro atoms. The molecule has 5 heteroatoms. The number of carbonyl (C=O) groups is 1. The molecule has 0 saturated carbocycles. The quantitative estimate of drug-likeness (QED) is 0.648. The van der Waals surface area contributed by atoms with Crippen molar-refractivity contribution in [2.45, 2.75) is 32.4 Å². The van der Waals surface area contributed by atoms with E-state index in [1.54, 1.807) is 12.1 Å². The lowest BCUT2D eigenvalue weighted by molar-refractivity contribution is -0.131. The van der Waals surface area contributed by atoms with Gasteiger partial charge in [0.05, 0.1) is 6.61 Å². The first-order chi connectivity index (χ1) is 13.7. The molecule has 0 radical (unpaired) electrons. The number of carbonyl (C=O) groups excluding carboxylic acids is 1. The van der Waals surface area contributed by atoms with E-state index in [0.717, 1.165) is 56.7 Å². The van der Waals surface area contributed by atoms with Crippen LogP contribution in [0, 0.1) is 5.82 Å². The Kier molecular flexibility index (Phi) is 8.00. The number of ether oxygens (including phenoxy) is 1. The molecule has 4 nitrogen and oxygen atoms in total. The number of rotatable bonds is 8. The van der Waals surface area contributed by atoms with Crippen LogP contribution in [-0.4, -0.2) is 48.5 Å². The molecular formula is C23H29FN2O2. The second-order valence-corrected chi connectivity index (χ2v) is 7.28. The molecule has 0 bridgehead atoms. The molecule has 0 aliphatic carbocycles. The average molecular weight is 384 g/mol. The van der Waals surface area contributed by atoms with Crippen LogP contribution in [0.4, 0.5) is 4.39 Å². The SMILES string of the molecule is O=C(CCCOCc1ccccc1)N1CCCN(Cc2cccc(F)c2)CC1. The fourth-order valence-electron chi connectivity index (χ4n) is 3.52. The molecule has 2 aromatic rings. The van der Waals surface area contributed by atoms with Gasteiger partial charge in [0.2, 0.25) is 5.91 Å². The zero-order chi connectivity index (χ0) is 19.6. The van der Waals surface area contributed by atoms with E-state index in [1.165, 1.54) is 6.07 Å². The number of hydrogen-bond acceptors (Lipinski definition) is 3. The summed E-state index contributed by atoms with van der Waals surface area (Å²) in [6.07, 6.45) is 2.22. The van der Waals surface area contributed by atoms with Crippen molar-refractivity contribution >= 4 is 5.91 Å². The van der Waals surface area contributed by atoms with E-state index in [9.17, 15) is 9.18 Å². The number of halogens is 1. The third kappa shape index (κ3) is 6.73. The summed E-state index contributed by atoms with van der Waals surface area (Å²) in [5.74, 6) is 0.00882. The van der Waals surface area contributed by atoms with Crippen LogP contribution in [0.15, 0.2) is 54.6 Å². The highest BCUT2D eigenvalue weighted by Crippen LogP contribution is 2.12. The summed E-state index contributed by atoms with van der Waals surface area (Å²) < 4.78 is 19.0. The van der Waals surface area contributed by atoms with Gasteiger partial charge in [0, 0.05) is 45.8 Å². The number of hydrogen-bond donors (Lipinski definition) is 0. The van der Waals surface area contributed by atoms with Gasteiger partial charge >= 0.3 is 0 Å². The van der Waals surface area contributed by atoms with E-state index in [1.807, 2.05) is 41.3 Å². The minimum absolute atomic E-state index is 0.196. The van der Waals surface area contributed by atoms with Crippen molar-refractivity contribution < 1.29 is 13.9 Å². The number of nitrogens with zero attached hydrogens (tertiary/aromatic N) is 2. The second kappa shape index (κ2) is 10.9. The van der Waals surface area contributed by atoms with E-state index >= 15 is 0 Å². The minimum atomic E-state index is -0.196. The number of amides is 1. The molecule has 150 valence electrons. The molecule has 28 heavy (non-hydrogen) atoms. The molecule has 1 heterocycles. The van der Waals surface area contributed by atoms with Gasteiger partial charge in [-0.25, -0.2) is 4.39 Å². The molecule has 0 aromatic heterocycles.